The Morgan fingerprint density at radius 1 is 1.21 bits per heavy atom. The van der Waals surface area contributed by atoms with Crippen molar-refractivity contribution in [1.29, 1.82) is 0 Å². The first-order valence-electron chi connectivity index (χ1n) is 7.55. The molecular weight excluding hydrogens is 239 g/mol. The summed E-state index contributed by atoms with van der Waals surface area (Å²) in [6.45, 7) is 1.59. The number of hydrogen-bond acceptors (Lipinski definition) is 2. The van der Waals surface area contributed by atoms with Crippen molar-refractivity contribution in [2.45, 2.75) is 44.6 Å². The van der Waals surface area contributed by atoms with Gasteiger partial charge in [-0.1, -0.05) is 18.9 Å². The van der Waals surface area contributed by atoms with Gasteiger partial charge in [-0.05, 0) is 50.3 Å². The number of anilines is 1. The largest absolute Gasteiger partial charge is 0.368 e. The molecule has 3 heteroatoms. The Balaban J connectivity index is 1.91. The molecule has 0 radical (unpaired) electrons. The van der Waals surface area contributed by atoms with E-state index in [4.69, 9.17) is 5.73 Å². The van der Waals surface area contributed by atoms with Crippen molar-refractivity contribution in [3.63, 3.8) is 0 Å². The van der Waals surface area contributed by atoms with Gasteiger partial charge in [-0.15, -0.1) is 0 Å². The summed E-state index contributed by atoms with van der Waals surface area (Å²) in [5.74, 6) is 0.727. The fourth-order valence-corrected chi connectivity index (χ4v) is 3.91. The van der Waals surface area contributed by atoms with Crippen LogP contribution in [0.2, 0.25) is 0 Å². The predicted molar refractivity (Wildman–Crippen MR) is 76.9 cm³/mol. The lowest BCUT2D eigenvalue weighted by Crippen LogP contribution is -2.35. The van der Waals surface area contributed by atoms with Crippen LogP contribution < -0.4 is 10.6 Å². The van der Waals surface area contributed by atoms with Crippen LogP contribution in [0.1, 0.15) is 37.7 Å². The summed E-state index contributed by atoms with van der Waals surface area (Å²) in [5.41, 5.74) is 7.56. The highest BCUT2D eigenvalue weighted by molar-refractivity contribution is 5.56. The number of fused-ring (bicyclic) bond motifs is 1. The lowest BCUT2D eigenvalue weighted by Gasteiger charge is -2.34. The summed E-state index contributed by atoms with van der Waals surface area (Å²) in [7, 11) is 0. The zero-order valence-electron chi connectivity index (χ0n) is 11.4. The van der Waals surface area contributed by atoms with Gasteiger partial charge < -0.3 is 10.6 Å². The van der Waals surface area contributed by atoms with Crippen molar-refractivity contribution >= 4 is 5.69 Å². The topological polar surface area (TPSA) is 29.3 Å². The molecule has 2 aliphatic rings. The van der Waals surface area contributed by atoms with Crippen molar-refractivity contribution < 1.29 is 4.39 Å². The van der Waals surface area contributed by atoms with E-state index >= 15 is 0 Å². The van der Waals surface area contributed by atoms with Crippen molar-refractivity contribution in [3.8, 4) is 0 Å². The molecule has 2 atom stereocenters. The minimum Gasteiger partial charge on any atom is -0.368 e. The molecule has 104 valence electrons. The van der Waals surface area contributed by atoms with E-state index in [1.165, 1.54) is 32.1 Å². The SMILES string of the molecule is NCCc1c(F)cccc1N1CCC2CCCCC21. The van der Waals surface area contributed by atoms with E-state index in [-0.39, 0.29) is 5.82 Å². The molecule has 1 saturated heterocycles. The molecule has 1 aliphatic heterocycles. The summed E-state index contributed by atoms with van der Waals surface area (Å²) in [5, 5.41) is 0. The van der Waals surface area contributed by atoms with Gasteiger partial charge >= 0.3 is 0 Å². The third kappa shape index (κ3) is 2.36. The number of hydrogen-bond donors (Lipinski definition) is 1. The molecule has 0 amide bonds. The van der Waals surface area contributed by atoms with Crippen LogP contribution in [0.4, 0.5) is 10.1 Å². The number of nitrogens with zero attached hydrogens (tertiary/aromatic N) is 1. The van der Waals surface area contributed by atoms with E-state index in [9.17, 15) is 4.39 Å². The van der Waals surface area contributed by atoms with Gasteiger partial charge in [-0.25, -0.2) is 4.39 Å². The van der Waals surface area contributed by atoms with Gasteiger partial charge in [0.05, 0.1) is 0 Å². The van der Waals surface area contributed by atoms with Crippen molar-refractivity contribution in [3.05, 3.63) is 29.6 Å². The maximum absolute atomic E-state index is 14.0. The molecule has 2 fully saturated rings. The quantitative estimate of drug-likeness (QED) is 0.907. The van der Waals surface area contributed by atoms with E-state index in [1.54, 1.807) is 6.07 Å². The molecule has 3 rings (SSSR count). The molecule has 2 unspecified atom stereocenters. The number of benzene rings is 1. The summed E-state index contributed by atoms with van der Waals surface area (Å²) in [6.07, 6.45) is 7.21. The minimum absolute atomic E-state index is 0.0952. The van der Waals surface area contributed by atoms with Gasteiger partial charge in [0.2, 0.25) is 0 Å². The maximum Gasteiger partial charge on any atom is 0.128 e. The Hall–Kier alpha value is -1.09. The first kappa shape index (κ1) is 12.9. The van der Waals surface area contributed by atoms with Gasteiger partial charge in [0.15, 0.2) is 0 Å². The van der Waals surface area contributed by atoms with Gasteiger partial charge in [0, 0.05) is 23.8 Å². The van der Waals surface area contributed by atoms with E-state index in [1.807, 2.05) is 6.07 Å². The van der Waals surface area contributed by atoms with Crippen LogP contribution in [-0.4, -0.2) is 19.1 Å². The highest BCUT2D eigenvalue weighted by Crippen LogP contribution is 2.40. The third-order valence-corrected chi connectivity index (χ3v) is 4.81. The predicted octanol–water partition coefficient (Wildman–Crippen LogP) is 3.10. The summed E-state index contributed by atoms with van der Waals surface area (Å²) < 4.78 is 14.0. The van der Waals surface area contributed by atoms with E-state index < -0.39 is 0 Å². The molecule has 0 aromatic heterocycles. The Bertz CT molecular complexity index is 446. The second kappa shape index (κ2) is 5.49. The second-order valence-corrected chi connectivity index (χ2v) is 5.87. The Morgan fingerprint density at radius 2 is 2.05 bits per heavy atom. The molecule has 2 N–H and O–H groups in total. The number of nitrogens with two attached hydrogens (primary N) is 1. The van der Waals surface area contributed by atoms with Gasteiger partial charge in [-0.3, -0.25) is 0 Å². The van der Waals surface area contributed by atoms with E-state index in [0.29, 0.717) is 19.0 Å². The van der Waals surface area contributed by atoms with Crippen molar-refractivity contribution in [2.75, 3.05) is 18.0 Å². The summed E-state index contributed by atoms with van der Waals surface area (Å²) in [6, 6.07) is 6.10. The van der Waals surface area contributed by atoms with Crippen LogP contribution >= 0.6 is 0 Å². The van der Waals surface area contributed by atoms with Crippen molar-refractivity contribution in [2.24, 2.45) is 11.7 Å². The van der Waals surface area contributed by atoms with Crippen LogP contribution in [0.25, 0.3) is 0 Å². The summed E-state index contributed by atoms with van der Waals surface area (Å²) in [4.78, 5) is 2.46. The van der Waals surface area contributed by atoms with Crippen LogP contribution in [0, 0.1) is 11.7 Å². The lowest BCUT2D eigenvalue weighted by atomic mass is 9.85. The normalized spacial score (nSPS) is 26.5. The van der Waals surface area contributed by atoms with E-state index in [0.717, 1.165) is 23.7 Å². The number of halogens is 1. The average Bonchev–Trinajstić information content (AvgIpc) is 2.85. The zero-order valence-corrected chi connectivity index (χ0v) is 11.4. The van der Waals surface area contributed by atoms with Gasteiger partial charge in [-0.2, -0.15) is 0 Å². The third-order valence-electron chi connectivity index (χ3n) is 4.81. The fraction of sp³-hybridized carbons (Fsp3) is 0.625. The molecule has 1 aliphatic carbocycles. The Kier molecular flexibility index (Phi) is 3.74. The molecule has 2 nitrogen and oxygen atoms in total. The fourth-order valence-electron chi connectivity index (χ4n) is 3.91. The lowest BCUT2D eigenvalue weighted by molar-refractivity contribution is 0.342. The van der Waals surface area contributed by atoms with Crippen molar-refractivity contribution in [1.82, 2.24) is 0 Å². The van der Waals surface area contributed by atoms with Crippen LogP contribution in [0.15, 0.2) is 18.2 Å². The first-order chi connectivity index (χ1) is 9.31. The molecule has 1 saturated carbocycles. The highest BCUT2D eigenvalue weighted by atomic mass is 19.1. The van der Waals surface area contributed by atoms with Gasteiger partial charge in [0.1, 0.15) is 5.82 Å². The highest BCUT2D eigenvalue weighted by Gasteiger charge is 2.36. The van der Waals surface area contributed by atoms with E-state index in [2.05, 4.69) is 11.0 Å². The number of rotatable bonds is 3. The monoisotopic (exact) mass is 262 g/mol. The molecule has 19 heavy (non-hydrogen) atoms. The van der Waals surface area contributed by atoms with Crippen LogP contribution in [0.5, 0.6) is 0 Å². The molecule has 0 bridgehead atoms. The Morgan fingerprint density at radius 3 is 2.89 bits per heavy atom. The van der Waals surface area contributed by atoms with Crippen LogP contribution in [0.3, 0.4) is 0 Å². The average molecular weight is 262 g/mol. The summed E-state index contributed by atoms with van der Waals surface area (Å²) >= 11 is 0. The smallest absolute Gasteiger partial charge is 0.128 e. The first-order valence-corrected chi connectivity index (χ1v) is 7.55. The maximum atomic E-state index is 14.0. The van der Waals surface area contributed by atoms with Crippen LogP contribution in [-0.2, 0) is 6.42 Å². The molecular formula is C16H23FN2. The minimum atomic E-state index is -0.0952. The molecule has 1 aromatic carbocycles. The second-order valence-electron chi connectivity index (χ2n) is 5.87. The Labute approximate surface area is 114 Å². The zero-order chi connectivity index (χ0) is 13.2. The standard InChI is InChI=1S/C16H23FN2/c17-14-5-3-7-16(13(14)8-10-18)19-11-9-12-4-1-2-6-15(12)19/h3,5,7,12,15H,1-2,4,6,8-11,18H2. The molecule has 1 heterocycles. The molecule has 0 spiro atoms. The molecule has 1 aromatic rings. The van der Waals surface area contributed by atoms with Gasteiger partial charge in [0.25, 0.3) is 0 Å².